The van der Waals surface area contributed by atoms with E-state index in [9.17, 15) is 0 Å². The number of H-pyrrole nitrogens is 2. The topological polar surface area (TPSA) is 44.5 Å². The third-order valence-corrected chi connectivity index (χ3v) is 2.80. The monoisotopic (exact) mass is 235 g/mol. The highest BCUT2D eigenvalue weighted by Crippen LogP contribution is 2.10. The van der Waals surface area contributed by atoms with E-state index in [1.54, 1.807) is 6.33 Å². The van der Waals surface area contributed by atoms with Gasteiger partial charge in [0, 0.05) is 12.4 Å². The van der Waals surface area contributed by atoms with Crippen LogP contribution in [0.5, 0.6) is 0 Å². The van der Waals surface area contributed by atoms with Crippen molar-refractivity contribution in [2.45, 2.75) is 0 Å². The van der Waals surface area contributed by atoms with Crippen LogP contribution in [-0.2, 0) is 0 Å². The minimum atomic E-state index is 1.03. The van der Waals surface area contributed by atoms with Gasteiger partial charge in [-0.1, -0.05) is 36.4 Å². The summed E-state index contributed by atoms with van der Waals surface area (Å²) in [5.74, 6) is 0. The first-order valence-electron chi connectivity index (χ1n) is 5.83. The molecule has 0 saturated carbocycles. The fourth-order valence-corrected chi connectivity index (χ4v) is 1.87. The smallest absolute Gasteiger partial charge is 0.0931 e. The van der Waals surface area contributed by atoms with Crippen LogP contribution in [0.15, 0.2) is 67.3 Å². The zero-order valence-corrected chi connectivity index (χ0v) is 9.80. The summed E-state index contributed by atoms with van der Waals surface area (Å²) in [6.45, 7) is 0. The molecule has 0 spiro atoms. The quantitative estimate of drug-likeness (QED) is 0.479. The maximum absolute atomic E-state index is 4.06. The molecule has 0 bridgehead atoms. The molecule has 2 heterocycles. The third kappa shape index (κ3) is 2.11. The second kappa shape index (κ2) is 4.75. The van der Waals surface area contributed by atoms with Crippen molar-refractivity contribution in [3.63, 3.8) is 0 Å². The average Bonchev–Trinajstić information content (AvgIpc) is 3.08. The highest BCUT2D eigenvalue weighted by molar-refractivity contribution is 5.81. The molecular formula is C15H13N3. The molecule has 0 unspecified atom stereocenters. The molecule has 2 aromatic heterocycles. The van der Waals surface area contributed by atoms with E-state index in [2.05, 4.69) is 27.1 Å². The number of hydrogen-bond donors (Lipinski definition) is 2. The summed E-state index contributed by atoms with van der Waals surface area (Å²) in [6.07, 6.45) is 5.69. The predicted octanol–water partition coefficient (Wildman–Crippen LogP) is 3.73. The van der Waals surface area contributed by atoms with Crippen LogP contribution in [0.25, 0.3) is 21.8 Å². The third-order valence-electron chi connectivity index (χ3n) is 2.80. The van der Waals surface area contributed by atoms with E-state index in [-0.39, 0.29) is 0 Å². The Morgan fingerprint density at radius 2 is 1.44 bits per heavy atom. The average molecular weight is 235 g/mol. The number of benzene rings is 2. The highest BCUT2D eigenvalue weighted by Gasteiger charge is 1.88. The molecule has 4 rings (SSSR count). The second-order valence-electron chi connectivity index (χ2n) is 4.00. The van der Waals surface area contributed by atoms with E-state index in [0.29, 0.717) is 0 Å². The summed E-state index contributed by atoms with van der Waals surface area (Å²) < 4.78 is 0. The summed E-state index contributed by atoms with van der Waals surface area (Å²) in [4.78, 5) is 10.1. The minimum Gasteiger partial charge on any atom is -0.366 e. The first kappa shape index (κ1) is 10.6. The zero-order chi connectivity index (χ0) is 12.2. The molecule has 0 atom stereocenters. The molecule has 0 radical (unpaired) electrons. The van der Waals surface area contributed by atoms with Crippen molar-refractivity contribution in [3.8, 4) is 0 Å². The van der Waals surface area contributed by atoms with E-state index in [0.717, 1.165) is 11.0 Å². The van der Waals surface area contributed by atoms with E-state index in [4.69, 9.17) is 0 Å². The Hall–Kier alpha value is -2.55. The molecule has 0 fully saturated rings. The fourth-order valence-electron chi connectivity index (χ4n) is 1.87. The first-order valence-corrected chi connectivity index (χ1v) is 5.83. The van der Waals surface area contributed by atoms with Crippen molar-refractivity contribution in [1.82, 2.24) is 15.0 Å². The van der Waals surface area contributed by atoms with Gasteiger partial charge in [0.2, 0.25) is 0 Å². The lowest BCUT2D eigenvalue weighted by Crippen LogP contribution is -1.63. The fraction of sp³-hybridized carbons (Fsp3) is 0. The van der Waals surface area contributed by atoms with Gasteiger partial charge in [0.05, 0.1) is 17.4 Å². The summed E-state index contributed by atoms with van der Waals surface area (Å²) in [6, 6.07) is 16.2. The Balaban J connectivity index is 0.000000111. The van der Waals surface area contributed by atoms with Gasteiger partial charge in [0.25, 0.3) is 0 Å². The number of imidazole rings is 1. The summed E-state index contributed by atoms with van der Waals surface area (Å²) in [5.41, 5.74) is 2.12. The first-order chi connectivity index (χ1) is 8.93. The van der Waals surface area contributed by atoms with Crippen LogP contribution in [-0.4, -0.2) is 15.0 Å². The molecule has 4 aromatic rings. The number of aromatic nitrogens is 3. The predicted molar refractivity (Wildman–Crippen MR) is 74.4 cm³/mol. The molecule has 88 valence electrons. The Morgan fingerprint density at radius 3 is 2.17 bits per heavy atom. The van der Waals surface area contributed by atoms with E-state index in [1.165, 1.54) is 10.8 Å². The largest absolute Gasteiger partial charge is 0.366 e. The number of aromatic amines is 2. The van der Waals surface area contributed by atoms with Crippen molar-refractivity contribution in [1.29, 1.82) is 0 Å². The molecule has 3 nitrogen and oxygen atoms in total. The van der Waals surface area contributed by atoms with Crippen LogP contribution in [0.2, 0.25) is 0 Å². The van der Waals surface area contributed by atoms with Gasteiger partial charge in [-0.15, -0.1) is 0 Å². The lowest BCUT2D eigenvalue weighted by atomic mass is 10.2. The number of nitrogens with zero attached hydrogens (tertiary/aromatic N) is 1. The van der Waals surface area contributed by atoms with Crippen molar-refractivity contribution >= 4 is 21.8 Å². The molecule has 0 aliphatic heterocycles. The standard InChI is InChI=1S/C8H7N.C7H6N2/c1-2-4-8-6-9-5-7(8)3-1;1-2-4-7-6(3-1)8-5-9-7/h1-6,9H;1-5H,(H,8,9). The molecule has 0 amide bonds. The molecule has 0 aliphatic carbocycles. The Bertz CT molecular complexity index is 626. The van der Waals surface area contributed by atoms with Gasteiger partial charge in [-0.25, -0.2) is 4.98 Å². The summed E-state index contributed by atoms with van der Waals surface area (Å²) in [5, 5.41) is 2.55. The van der Waals surface area contributed by atoms with Gasteiger partial charge in [0.15, 0.2) is 0 Å². The number of para-hydroxylation sites is 2. The number of rotatable bonds is 0. The van der Waals surface area contributed by atoms with Gasteiger partial charge in [0.1, 0.15) is 0 Å². The zero-order valence-electron chi connectivity index (χ0n) is 9.80. The molecule has 18 heavy (non-hydrogen) atoms. The van der Waals surface area contributed by atoms with Crippen LogP contribution in [0.3, 0.4) is 0 Å². The van der Waals surface area contributed by atoms with Gasteiger partial charge < -0.3 is 9.97 Å². The van der Waals surface area contributed by atoms with Crippen LogP contribution in [0.1, 0.15) is 0 Å². The van der Waals surface area contributed by atoms with E-state index >= 15 is 0 Å². The van der Waals surface area contributed by atoms with Crippen molar-refractivity contribution in [2.24, 2.45) is 0 Å². The van der Waals surface area contributed by atoms with E-state index in [1.807, 2.05) is 48.8 Å². The Kier molecular flexibility index (Phi) is 2.80. The Labute approximate surface area is 104 Å². The molecule has 0 aliphatic rings. The van der Waals surface area contributed by atoms with Crippen LogP contribution in [0, 0.1) is 0 Å². The van der Waals surface area contributed by atoms with Gasteiger partial charge in [-0.2, -0.15) is 0 Å². The maximum atomic E-state index is 4.06. The molecule has 0 saturated heterocycles. The highest BCUT2D eigenvalue weighted by atomic mass is 14.9. The number of fused-ring (bicyclic) bond motifs is 2. The molecule has 3 heteroatoms. The second-order valence-corrected chi connectivity index (χ2v) is 4.00. The van der Waals surface area contributed by atoms with Crippen molar-refractivity contribution in [2.75, 3.05) is 0 Å². The van der Waals surface area contributed by atoms with E-state index < -0.39 is 0 Å². The molecular weight excluding hydrogens is 222 g/mol. The van der Waals surface area contributed by atoms with Gasteiger partial charge in [-0.05, 0) is 22.9 Å². The SMILES string of the molecule is c1ccc2[nH]cnc2c1.c1ccc2c[nH]cc2c1. The Morgan fingerprint density at radius 1 is 0.778 bits per heavy atom. The normalized spacial score (nSPS) is 10.2. The number of hydrogen-bond acceptors (Lipinski definition) is 1. The summed E-state index contributed by atoms with van der Waals surface area (Å²) >= 11 is 0. The lowest BCUT2D eigenvalue weighted by Gasteiger charge is -1.81. The molecule has 2 N–H and O–H groups in total. The minimum absolute atomic E-state index is 1.03. The van der Waals surface area contributed by atoms with Crippen LogP contribution in [0.4, 0.5) is 0 Å². The van der Waals surface area contributed by atoms with Gasteiger partial charge >= 0.3 is 0 Å². The maximum Gasteiger partial charge on any atom is 0.0931 e. The number of nitrogens with one attached hydrogen (secondary N) is 2. The van der Waals surface area contributed by atoms with Crippen LogP contribution < -0.4 is 0 Å². The van der Waals surface area contributed by atoms with Crippen LogP contribution >= 0.6 is 0 Å². The lowest BCUT2D eigenvalue weighted by molar-refractivity contribution is 1.34. The molecule has 2 aromatic carbocycles. The van der Waals surface area contributed by atoms with Crippen molar-refractivity contribution in [3.05, 3.63) is 67.3 Å². The summed E-state index contributed by atoms with van der Waals surface area (Å²) in [7, 11) is 0. The van der Waals surface area contributed by atoms with Gasteiger partial charge in [-0.3, -0.25) is 0 Å². The van der Waals surface area contributed by atoms with Crippen molar-refractivity contribution < 1.29 is 0 Å².